The Morgan fingerprint density at radius 2 is 1.71 bits per heavy atom. The van der Waals surface area contributed by atoms with E-state index in [1.807, 2.05) is 14.1 Å². The molecule has 21 heavy (non-hydrogen) atoms. The van der Waals surface area contributed by atoms with Crippen molar-refractivity contribution in [2.45, 2.75) is 0 Å². The molecule has 0 atom stereocenters. The molecule has 0 saturated carbocycles. The van der Waals surface area contributed by atoms with Gasteiger partial charge in [0, 0.05) is 25.5 Å². The van der Waals surface area contributed by atoms with Gasteiger partial charge in [-0.15, -0.1) is 0 Å². The van der Waals surface area contributed by atoms with Crippen LogP contribution >= 0.6 is 0 Å². The summed E-state index contributed by atoms with van der Waals surface area (Å²) in [5, 5.41) is 0.724. The summed E-state index contributed by atoms with van der Waals surface area (Å²) < 4.78 is 27.4. The number of hydrogen-bond donors (Lipinski definition) is 0. The molecule has 0 aliphatic heterocycles. The second kappa shape index (κ2) is 5.09. The molecule has 0 aliphatic carbocycles. The van der Waals surface area contributed by atoms with Crippen LogP contribution in [-0.4, -0.2) is 24.1 Å². The van der Waals surface area contributed by atoms with Crippen molar-refractivity contribution in [3.8, 4) is 11.4 Å². The number of hydrogen-bond acceptors (Lipinski definition) is 3. The van der Waals surface area contributed by atoms with Crippen LogP contribution in [0.1, 0.15) is 0 Å². The number of nitrogens with zero attached hydrogens (tertiary/aromatic N) is 3. The van der Waals surface area contributed by atoms with Gasteiger partial charge in [-0.3, -0.25) is 0 Å². The Hall–Kier alpha value is -2.56. The average molecular weight is 285 g/mol. The maximum Gasteiger partial charge on any atom is 0.165 e. The van der Waals surface area contributed by atoms with Gasteiger partial charge < -0.3 is 4.90 Å². The number of halogens is 2. The summed E-state index contributed by atoms with van der Waals surface area (Å²) >= 11 is 0. The summed E-state index contributed by atoms with van der Waals surface area (Å²) in [5.74, 6) is 0.0801. The van der Waals surface area contributed by atoms with Crippen molar-refractivity contribution < 1.29 is 8.78 Å². The number of benzene rings is 2. The van der Waals surface area contributed by atoms with Crippen LogP contribution in [0.3, 0.4) is 0 Å². The maximum atomic E-state index is 13.9. The number of rotatable bonds is 2. The molecule has 0 saturated heterocycles. The third kappa shape index (κ3) is 2.42. The monoisotopic (exact) mass is 285 g/mol. The highest BCUT2D eigenvalue weighted by atomic mass is 19.1. The van der Waals surface area contributed by atoms with E-state index in [1.165, 1.54) is 18.2 Å². The molecule has 106 valence electrons. The first kappa shape index (κ1) is 13.4. The second-order valence-electron chi connectivity index (χ2n) is 4.91. The number of fused-ring (bicyclic) bond motifs is 1. The zero-order chi connectivity index (χ0) is 15.0. The van der Waals surface area contributed by atoms with Crippen LogP contribution in [0.4, 0.5) is 14.6 Å². The first-order valence-electron chi connectivity index (χ1n) is 6.46. The van der Waals surface area contributed by atoms with E-state index in [0.29, 0.717) is 16.9 Å². The summed E-state index contributed by atoms with van der Waals surface area (Å²) in [7, 11) is 3.66. The highest BCUT2D eigenvalue weighted by Crippen LogP contribution is 2.28. The number of aromatic nitrogens is 2. The van der Waals surface area contributed by atoms with Gasteiger partial charge in [0.2, 0.25) is 0 Å². The van der Waals surface area contributed by atoms with Gasteiger partial charge in [-0.1, -0.05) is 12.1 Å². The third-order valence-corrected chi connectivity index (χ3v) is 3.18. The van der Waals surface area contributed by atoms with Crippen molar-refractivity contribution in [2.24, 2.45) is 0 Å². The van der Waals surface area contributed by atoms with Gasteiger partial charge in [-0.25, -0.2) is 18.7 Å². The number of anilines is 1. The molecule has 3 aromatic rings. The molecule has 0 amide bonds. The normalized spacial score (nSPS) is 10.9. The van der Waals surface area contributed by atoms with E-state index < -0.39 is 5.82 Å². The summed E-state index contributed by atoms with van der Waals surface area (Å²) in [4.78, 5) is 10.5. The summed E-state index contributed by atoms with van der Waals surface area (Å²) in [6.07, 6.45) is 0. The Kier molecular flexibility index (Phi) is 3.25. The van der Waals surface area contributed by atoms with Crippen molar-refractivity contribution in [1.82, 2.24) is 9.97 Å². The molecule has 0 radical (unpaired) electrons. The summed E-state index contributed by atoms with van der Waals surface area (Å²) in [6, 6.07) is 10.6. The minimum absolute atomic E-state index is 0.245. The zero-order valence-electron chi connectivity index (χ0n) is 11.6. The lowest BCUT2D eigenvalue weighted by Crippen LogP contribution is -2.12. The van der Waals surface area contributed by atoms with Gasteiger partial charge in [-0.2, -0.15) is 0 Å². The molecule has 1 aromatic heterocycles. The summed E-state index contributed by atoms with van der Waals surface area (Å²) in [5.41, 5.74) is 0.749. The van der Waals surface area contributed by atoms with E-state index in [1.54, 1.807) is 29.2 Å². The molecular weight excluding hydrogens is 272 g/mol. The predicted octanol–water partition coefficient (Wildman–Crippen LogP) is 3.64. The van der Waals surface area contributed by atoms with Gasteiger partial charge >= 0.3 is 0 Å². The first-order valence-corrected chi connectivity index (χ1v) is 6.46. The molecular formula is C16H13F2N3. The van der Waals surface area contributed by atoms with Crippen LogP contribution in [0.25, 0.3) is 22.3 Å². The first-order chi connectivity index (χ1) is 10.1. The van der Waals surface area contributed by atoms with E-state index in [-0.39, 0.29) is 11.6 Å². The van der Waals surface area contributed by atoms with Gasteiger partial charge in [-0.05, 0) is 24.3 Å². The summed E-state index contributed by atoms with van der Waals surface area (Å²) in [6.45, 7) is 0. The van der Waals surface area contributed by atoms with E-state index in [0.717, 1.165) is 5.39 Å². The SMILES string of the molecule is CN(C)c1nc(-c2ccccc2F)nc2cc(F)ccc12. The quantitative estimate of drug-likeness (QED) is 0.720. The maximum absolute atomic E-state index is 13.9. The van der Waals surface area contributed by atoms with Crippen LogP contribution in [0.5, 0.6) is 0 Å². The molecule has 2 aromatic carbocycles. The van der Waals surface area contributed by atoms with E-state index in [4.69, 9.17) is 0 Å². The van der Waals surface area contributed by atoms with Gasteiger partial charge in [0.15, 0.2) is 5.82 Å². The van der Waals surface area contributed by atoms with E-state index in [9.17, 15) is 8.78 Å². The molecule has 0 N–H and O–H groups in total. The Balaban J connectivity index is 2.32. The van der Waals surface area contributed by atoms with Crippen LogP contribution in [0, 0.1) is 11.6 Å². The largest absolute Gasteiger partial charge is 0.362 e. The third-order valence-electron chi connectivity index (χ3n) is 3.18. The highest BCUT2D eigenvalue weighted by Gasteiger charge is 2.13. The standard InChI is InChI=1S/C16H13F2N3/c1-21(2)16-12-8-7-10(17)9-14(12)19-15(20-16)11-5-3-4-6-13(11)18/h3-9H,1-2H3. The fourth-order valence-electron chi connectivity index (χ4n) is 2.19. The van der Waals surface area contributed by atoms with Crippen LogP contribution in [0.2, 0.25) is 0 Å². The fourth-order valence-corrected chi connectivity index (χ4v) is 2.19. The van der Waals surface area contributed by atoms with E-state index in [2.05, 4.69) is 9.97 Å². The Bertz CT molecular complexity index is 816. The Morgan fingerprint density at radius 3 is 2.43 bits per heavy atom. The molecule has 1 heterocycles. The minimum atomic E-state index is -0.405. The van der Waals surface area contributed by atoms with Crippen LogP contribution in [-0.2, 0) is 0 Å². The van der Waals surface area contributed by atoms with Gasteiger partial charge in [0.25, 0.3) is 0 Å². The fraction of sp³-hybridized carbons (Fsp3) is 0.125. The Labute approximate surface area is 120 Å². The van der Waals surface area contributed by atoms with Crippen molar-refractivity contribution in [3.63, 3.8) is 0 Å². The minimum Gasteiger partial charge on any atom is -0.362 e. The lowest BCUT2D eigenvalue weighted by Gasteiger charge is -2.15. The van der Waals surface area contributed by atoms with E-state index >= 15 is 0 Å². The van der Waals surface area contributed by atoms with Crippen molar-refractivity contribution in [3.05, 3.63) is 54.1 Å². The predicted molar refractivity (Wildman–Crippen MR) is 79.2 cm³/mol. The lowest BCUT2D eigenvalue weighted by molar-refractivity contribution is 0.629. The molecule has 3 rings (SSSR count). The topological polar surface area (TPSA) is 29.0 Å². The molecule has 0 aliphatic rings. The average Bonchev–Trinajstić information content (AvgIpc) is 2.46. The smallest absolute Gasteiger partial charge is 0.165 e. The van der Waals surface area contributed by atoms with Crippen molar-refractivity contribution >= 4 is 16.7 Å². The molecule has 0 unspecified atom stereocenters. The molecule has 0 bridgehead atoms. The van der Waals surface area contributed by atoms with Crippen LogP contribution in [0.15, 0.2) is 42.5 Å². The van der Waals surface area contributed by atoms with Gasteiger partial charge in [0.1, 0.15) is 17.5 Å². The molecule has 3 nitrogen and oxygen atoms in total. The van der Waals surface area contributed by atoms with Gasteiger partial charge in [0.05, 0.1) is 11.1 Å². The molecule has 0 spiro atoms. The lowest BCUT2D eigenvalue weighted by atomic mass is 10.1. The van der Waals surface area contributed by atoms with Crippen molar-refractivity contribution in [1.29, 1.82) is 0 Å². The zero-order valence-corrected chi connectivity index (χ0v) is 11.6. The molecule has 0 fully saturated rings. The Morgan fingerprint density at radius 1 is 0.952 bits per heavy atom. The highest BCUT2D eigenvalue weighted by molar-refractivity contribution is 5.91. The van der Waals surface area contributed by atoms with Crippen LogP contribution < -0.4 is 4.90 Å². The van der Waals surface area contributed by atoms with Crippen molar-refractivity contribution in [2.75, 3.05) is 19.0 Å². The second-order valence-corrected chi connectivity index (χ2v) is 4.91. The molecule has 5 heteroatoms.